The fourth-order valence-corrected chi connectivity index (χ4v) is 3.26. The highest BCUT2D eigenvalue weighted by Crippen LogP contribution is 2.19. The number of aromatic nitrogens is 7. The number of rotatable bonds is 7. The van der Waals surface area contributed by atoms with E-state index >= 15 is 0 Å². The molecule has 9 nitrogen and oxygen atoms in total. The van der Waals surface area contributed by atoms with Gasteiger partial charge in [0.1, 0.15) is 17.8 Å². The highest BCUT2D eigenvalue weighted by atomic mass is 35.5. The second-order valence-electron chi connectivity index (χ2n) is 6.40. The number of hydrogen-bond donors (Lipinski definition) is 1. The van der Waals surface area contributed by atoms with Gasteiger partial charge < -0.3 is 19.2 Å². The molecule has 0 amide bonds. The number of methoxy groups -OCH3 is 1. The number of aryl methyl sites for hydroxylation is 3. The molecule has 0 aromatic carbocycles. The molecule has 1 aliphatic rings. The van der Waals surface area contributed by atoms with Gasteiger partial charge in [0.05, 0.1) is 12.3 Å². The van der Waals surface area contributed by atoms with Crippen molar-refractivity contribution in [2.45, 2.75) is 39.0 Å². The fourth-order valence-electron chi connectivity index (χ4n) is 3.26. The van der Waals surface area contributed by atoms with Gasteiger partial charge in [-0.05, 0) is 19.0 Å². The fraction of sp³-hybridized carbons (Fsp3) is 0.529. The number of nitrogens with one attached hydrogen (secondary N) is 1. The van der Waals surface area contributed by atoms with Crippen molar-refractivity contribution in [3.8, 4) is 11.5 Å². The molecule has 0 spiro atoms. The van der Waals surface area contributed by atoms with Crippen LogP contribution in [-0.4, -0.2) is 54.4 Å². The summed E-state index contributed by atoms with van der Waals surface area (Å²) in [6.07, 6.45) is 7.45. The maximum absolute atomic E-state index is 5.14. The second-order valence-corrected chi connectivity index (χ2v) is 6.40. The minimum Gasteiger partial charge on any atom is -0.383 e. The summed E-state index contributed by atoms with van der Waals surface area (Å²) >= 11 is 0. The van der Waals surface area contributed by atoms with Gasteiger partial charge in [0.15, 0.2) is 5.82 Å². The smallest absolute Gasteiger partial charge is 0.160 e. The molecule has 154 valence electrons. The van der Waals surface area contributed by atoms with Crippen molar-refractivity contribution >= 4 is 24.8 Å². The van der Waals surface area contributed by atoms with Gasteiger partial charge in [-0.15, -0.1) is 35.0 Å². The summed E-state index contributed by atoms with van der Waals surface area (Å²) in [7, 11) is 1.70. The van der Waals surface area contributed by atoms with Crippen molar-refractivity contribution in [1.29, 1.82) is 0 Å². The van der Waals surface area contributed by atoms with E-state index in [4.69, 9.17) is 9.84 Å². The van der Waals surface area contributed by atoms with Gasteiger partial charge in [-0.25, -0.2) is 4.98 Å². The van der Waals surface area contributed by atoms with Gasteiger partial charge in [-0.2, -0.15) is 5.10 Å². The van der Waals surface area contributed by atoms with Gasteiger partial charge >= 0.3 is 0 Å². The summed E-state index contributed by atoms with van der Waals surface area (Å²) in [5, 5.41) is 16.4. The van der Waals surface area contributed by atoms with Crippen LogP contribution in [0.4, 0.5) is 0 Å². The topological polar surface area (TPSA) is 87.6 Å². The molecular formula is C17H26Cl2N8O. The van der Waals surface area contributed by atoms with Crippen molar-refractivity contribution in [3.05, 3.63) is 36.3 Å². The second kappa shape index (κ2) is 10.6. The molecule has 0 saturated carbocycles. The van der Waals surface area contributed by atoms with E-state index in [0.717, 1.165) is 62.9 Å². The molecule has 0 radical (unpaired) electrons. The van der Waals surface area contributed by atoms with E-state index in [0.29, 0.717) is 6.61 Å². The van der Waals surface area contributed by atoms with Gasteiger partial charge in [0.2, 0.25) is 0 Å². The van der Waals surface area contributed by atoms with Crippen molar-refractivity contribution in [3.63, 3.8) is 0 Å². The highest BCUT2D eigenvalue weighted by Gasteiger charge is 2.16. The van der Waals surface area contributed by atoms with Crippen LogP contribution in [0, 0.1) is 0 Å². The minimum atomic E-state index is 0. The molecule has 3 aromatic rings. The monoisotopic (exact) mass is 428 g/mol. The summed E-state index contributed by atoms with van der Waals surface area (Å²) in [4.78, 5) is 4.53. The Bertz CT molecular complexity index is 836. The van der Waals surface area contributed by atoms with Crippen LogP contribution >= 0.6 is 24.8 Å². The Balaban J connectivity index is 0.00000140. The first-order valence-electron chi connectivity index (χ1n) is 8.99. The van der Waals surface area contributed by atoms with Gasteiger partial charge in [0, 0.05) is 52.1 Å². The first kappa shape index (κ1) is 22.4. The molecule has 0 saturated heterocycles. The van der Waals surface area contributed by atoms with Crippen LogP contribution in [0.15, 0.2) is 24.8 Å². The number of fused-ring (bicyclic) bond motifs is 1. The molecule has 1 N–H and O–H groups in total. The molecule has 1 aliphatic heterocycles. The lowest BCUT2D eigenvalue weighted by Gasteiger charge is -2.08. The van der Waals surface area contributed by atoms with E-state index < -0.39 is 0 Å². The number of halogens is 2. The van der Waals surface area contributed by atoms with E-state index in [-0.39, 0.29) is 24.8 Å². The maximum atomic E-state index is 5.14. The predicted octanol–water partition coefficient (Wildman–Crippen LogP) is 1.56. The van der Waals surface area contributed by atoms with Crippen molar-refractivity contribution < 1.29 is 4.74 Å². The predicted molar refractivity (Wildman–Crippen MR) is 110 cm³/mol. The number of ether oxygens (including phenoxy) is 1. The van der Waals surface area contributed by atoms with Crippen LogP contribution in [0.2, 0.25) is 0 Å². The van der Waals surface area contributed by atoms with E-state index in [9.17, 15) is 0 Å². The molecule has 0 fully saturated rings. The molecule has 3 aromatic heterocycles. The van der Waals surface area contributed by atoms with Crippen LogP contribution in [-0.2, 0) is 37.3 Å². The summed E-state index contributed by atoms with van der Waals surface area (Å²) in [5.74, 6) is 1.85. The highest BCUT2D eigenvalue weighted by molar-refractivity contribution is 5.85. The van der Waals surface area contributed by atoms with Crippen LogP contribution in [0.25, 0.3) is 11.5 Å². The molecule has 0 aliphatic carbocycles. The standard InChI is InChI=1S/C17H24N8O.2ClH/c1-26-10-9-24-13-20-21-16(24)3-7-23-8-5-19-17(23)15-11-14-12-18-4-2-6-25(14)22-15;;/h5,8,11,13,18H,2-4,6-7,9-10,12H2,1H3;2*1H. The van der Waals surface area contributed by atoms with Crippen molar-refractivity contribution in [1.82, 2.24) is 39.4 Å². The van der Waals surface area contributed by atoms with E-state index in [1.807, 2.05) is 17.0 Å². The zero-order valence-electron chi connectivity index (χ0n) is 15.8. The first-order valence-corrected chi connectivity index (χ1v) is 8.99. The zero-order valence-corrected chi connectivity index (χ0v) is 17.5. The normalized spacial score (nSPS) is 13.3. The largest absolute Gasteiger partial charge is 0.383 e. The van der Waals surface area contributed by atoms with Crippen molar-refractivity contribution in [2.24, 2.45) is 0 Å². The molecule has 11 heteroatoms. The summed E-state index contributed by atoms with van der Waals surface area (Å²) in [6, 6.07) is 2.14. The van der Waals surface area contributed by atoms with Crippen LogP contribution in [0.1, 0.15) is 17.9 Å². The molecule has 0 bridgehead atoms. The third kappa shape index (κ3) is 4.91. The number of imidazole rings is 1. The third-order valence-corrected chi connectivity index (χ3v) is 4.65. The average molecular weight is 429 g/mol. The SMILES string of the molecule is COCCn1cnnc1CCn1ccnc1-c1cc2n(n1)CCCNC2.Cl.Cl. The van der Waals surface area contributed by atoms with Crippen LogP contribution < -0.4 is 5.32 Å². The minimum absolute atomic E-state index is 0. The van der Waals surface area contributed by atoms with Crippen LogP contribution in [0.5, 0.6) is 0 Å². The molecule has 28 heavy (non-hydrogen) atoms. The Hall–Kier alpha value is -1.94. The zero-order chi connectivity index (χ0) is 17.8. The Morgan fingerprint density at radius 1 is 1.21 bits per heavy atom. The molecule has 0 atom stereocenters. The van der Waals surface area contributed by atoms with E-state index in [1.165, 1.54) is 5.69 Å². The average Bonchev–Trinajstić information content (AvgIpc) is 3.35. The van der Waals surface area contributed by atoms with Crippen molar-refractivity contribution in [2.75, 3.05) is 20.3 Å². The Labute approximate surface area is 176 Å². The molecule has 4 rings (SSSR count). The number of nitrogens with zero attached hydrogens (tertiary/aromatic N) is 7. The lowest BCUT2D eigenvalue weighted by atomic mass is 10.3. The quantitative estimate of drug-likeness (QED) is 0.614. The summed E-state index contributed by atoms with van der Waals surface area (Å²) in [6.45, 7) is 5.03. The first-order chi connectivity index (χ1) is 12.8. The summed E-state index contributed by atoms with van der Waals surface area (Å²) < 4.78 is 11.4. The Kier molecular flexibility index (Phi) is 8.43. The molecule has 0 unspecified atom stereocenters. The maximum Gasteiger partial charge on any atom is 0.160 e. The van der Waals surface area contributed by atoms with Gasteiger partial charge in [-0.1, -0.05) is 0 Å². The van der Waals surface area contributed by atoms with Gasteiger partial charge in [0.25, 0.3) is 0 Å². The molecular weight excluding hydrogens is 403 g/mol. The molecule has 4 heterocycles. The Morgan fingerprint density at radius 3 is 2.96 bits per heavy atom. The van der Waals surface area contributed by atoms with E-state index in [1.54, 1.807) is 13.4 Å². The van der Waals surface area contributed by atoms with Crippen LogP contribution in [0.3, 0.4) is 0 Å². The summed E-state index contributed by atoms with van der Waals surface area (Å²) in [5.41, 5.74) is 2.14. The lowest BCUT2D eigenvalue weighted by Crippen LogP contribution is -2.12. The van der Waals surface area contributed by atoms with Gasteiger partial charge in [-0.3, -0.25) is 4.68 Å². The lowest BCUT2D eigenvalue weighted by molar-refractivity contribution is 0.186. The third-order valence-electron chi connectivity index (χ3n) is 4.65. The van der Waals surface area contributed by atoms with E-state index in [2.05, 4.69) is 35.8 Å². The Morgan fingerprint density at radius 2 is 2.11 bits per heavy atom. The number of hydrogen-bond acceptors (Lipinski definition) is 6.